The van der Waals surface area contributed by atoms with Crippen LogP contribution in [0, 0.1) is 0 Å². The van der Waals surface area contributed by atoms with Crippen LogP contribution < -0.4 is 5.32 Å². The van der Waals surface area contributed by atoms with Gasteiger partial charge in [-0.25, -0.2) is 9.67 Å². The Bertz CT molecular complexity index is 661. The van der Waals surface area contributed by atoms with Crippen LogP contribution in [0.4, 0.5) is 0 Å². The van der Waals surface area contributed by atoms with Gasteiger partial charge in [-0.05, 0) is 24.5 Å². The molecule has 0 saturated heterocycles. The fourth-order valence-electron chi connectivity index (χ4n) is 3.27. The number of rotatable bonds is 5. The first kappa shape index (κ1) is 16.6. The Morgan fingerprint density at radius 1 is 1.21 bits per heavy atom. The highest BCUT2D eigenvalue weighted by Gasteiger charge is 2.28. The first-order valence-corrected chi connectivity index (χ1v) is 8.57. The zero-order valence-corrected chi connectivity index (χ0v) is 13.8. The van der Waals surface area contributed by atoms with E-state index in [9.17, 15) is 9.90 Å². The molecule has 1 aliphatic rings. The number of carbonyl (C=O) groups excluding carboxylic acids is 1. The van der Waals surface area contributed by atoms with Gasteiger partial charge in [0.2, 0.25) is 0 Å². The van der Waals surface area contributed by atoms with E-state index < -0.39 is 5.60 Å². The number of hydrogen-bond acceptors (Lipinski definition) is 4. The molecule has 128 valence electrons. The summed E-state index contributed by atoms with van der Waals surface area (Å²) in [5.41, 5.74) is 0.728. The second kappa shape index (κ2) is 7.57. The Balaban J connectivity index is 1.66. The molecule has 2 aromatic rings. The molecule has 1 saturated carbocycles. The van der Waals surface area contributed by atoms with Gasteiger partial charge in [0, 0.05) is 12.1 Å². The average Bonchev–Trinajstić information content (AvgIpc) is 3.00. The Hall–Kier alpha value is -2.21. The Kier molecular flexibility index (Phi) is 5.25. The van der Waals surface area contributed by atoms with Crippen molar-refractivity contribution >= 4 is 5.91 Å². The summed E-state index contributed by atoms with van der Waals surface area (Å²) >= 11 is 0. The molecule has 1 aromatic heterocycles. The molecular formula is C18H24N4O2. The second-order valence-corrected chi connectivity index (χ2v) is 6.57. The van der Waals surface area contributed by atoms with Gasteiger partial charge in [-0.3, -0.25) is 4.79 Å². The predicted octanol–water partition coefficient (Wildman–Crippen LogP) is 2.14. The zero-order valence-electron chi connectivity index (χ0n) is 13.8. The average molecular weight is 328 g/mol. The first-order chi connectivity index (χ1) is 11.7. The fraction of sp³-hybridized carbons (Fsp3) is 0.500. The predicted molar refractivity (Wildman–Crippen MR) is 90.6 cm³/mol. The molecule has 0 radical (unpaired) electrons. The van der Waals surface area contributed by atoms with Crippen LogP contribution in [-0.2, 0) is 6.54 Å². The van der Waals surface area contributed by atoms with Gasteiger partial charge in [-0.15, -0.1) is 0 Å². The van der Waals surface area contributed by atoms with E-state index in [1.165, 1.54) is 6.33 Å². The summed E-state index contributed by atoms with van der Waals surface area (Å²) in [4.78, 5) is 16.5. The lowest BCUT2D eigenvalue weighted by molar-refractivity contribution is 0.0246. The summed E-state index contributed by atoms with van der Waals surface area (Å²) < 4.78 is 1.69. The number of nitrogens with one attached hydrogen (secondary N) is 1. The topological polar surface area (TPSA) is 80.0 Å². The third kappa shape index (κ3) is 4.20. The minimum Gasteiger partial charge on any atom is -0.388 e. The molecule has 0 spiro atoms. The van der Waals surface area contributed by atoms with Crippen LogP contribution in [0.2, 0.25) is 0 Å². The molecule has 2 N–H and O–H groups in total. The van der Waals surface area contributed by atoms with Crippen molar-refractivity contribution in [3.05, 3.63) is 48.0 Å². The monoisotopic (exact) mass is 328 g/mol. The Labute approximate surface area is 141 Å². The standard InChI is InChI=1S/C18H24N4O2/c23-17(20-12-18(24)9-5-1-2-6-10-18)16-8-4-3-7-15(16)11-22-14-19-13-21-22/h3-4,7-8,13-14,24H,1-2,5-6,9-12H2,(H,20,23). The van der Waals surface area contributed by atoms with Crippen molar-refractivity contribution in [3.8, 4) is 0 Å². The quantitative estimate of drug-likeness (QED) is 0.824. The molecule has 1 aromatic carbocycles. The molecular weight excluding hydrogens is 304 g/mol. The Morgan fingerprint density at radius 2 is 1.96 bits per heavy atom. The summed E-state index contributed by atoms with van der Waals surface area (Å²) in [5.74, 6) is -0.150. The maximum atomic E-state index is 12.6. The van der Waals surface area contributed by atoms with E-state index in [-0.39, 0.29) is 5.91 Å². The molecule has 0 atom stereocenters. The lowest BCUT2D eigenvalue weighted by Crippen LogP contribution is -2.42. The van der Waals surface area contributed by atoms with Crippen molar-refractivity contribution in [2.24, 2.45) is 0 Å². The molecule has 1 fully saturated rings. The molecule has 1 heterocycles. The number of aromatic nitrogens is 3. The maximum Gasteiger partial charge on any atom is 0.251 e. The fourth-order valence-corrected chi connectivity index (χ4v) is 3.27. The largest absolute Gasteiger partial charge is 0.388 e. The number of benzene rings is 1. The van der Waals surface area contributed by atoms with Gasteiger partial charge in [0.1, 0.15) is 12.7 Å². The van der Waals surface area contributed by atoms with Crippen LogP contribution in [0.3, 0.4) is 0 Å². The van der Waals surface area contributed by atoms with E-state index in [1.54, 1.807) is 17.1 Å². The second-order valence-electron chi connectivity index (χ2n) is 6.57. The summed E-state index contributed by atoms with van der Waals surface area (Å²) in [6.07, 6.45) is 8.99. The van der Waals surface area contributed by atoms with Crippen LogP contribution in [0.15, 0.2) is 36.9 Å². The van der Waals surface area contributed by atoms with E-state index in [0.717, 1.165) is 44.1 Å². The highest BCUT2D eigenvalue weighted by molar-refractivity contribution is 5.95. The SMILES string of the molecule is O=C(NCC1(O)CCCCCC1)c1ccccc1Cn1cncn1. The lowest BCUT2D eigenvalue weighted by Gasteiger charge is -2.27. The normalized spacial score (nSPS) is 17.2. The van der Waals surface area contributed by atoms with Crippen molar-refractivity contribution in [2.75, 3.05) is 6.54 Å². The van der Waals surface area contributed by atoms with Gasteiger partial charge >= 0.3 is 0 Å². The third-order valence-corrected chi connectivity index (χ3v) is 4.67. The van der Waals surface area contributed by atoms with Gasteiger partial charge in [-0.1, -0.05) is 43.9 Å². The number of amides is 1. The van der Waals surface area contributed by atoms with Crippen molar-refractivity contribution in [1.29, 1.82) is 0 Å². The molecule has 1 aliphatic carbocycles. The van der Waals surface area contributed by atoms with Crippen molar-refractivity contribution in [1.82, 2.24) is 20.1 Å². The van der Waals surface area contributed by atoms with Crippen LogP contribution in [-0.4, -0.2) is 37.9 Å². The van der Waals surface area contributed by atoms with E-state index >= 15 is 0 Å². The lowest BCUT2D eigenvalue weighted by atomic mass is 9.94. The van der Waals surface area contributed by atoms with E-state index in [4.69, 9.17) is 0 Å². The molecule has 0 unspecified atom stereocenters. The summed E-state index contributed by atoms with van der Waals surface area (Å²) in [6, 6.07) is 7.47. The van der Waals surface area contributed by atoms with Gasteiger partial charge in [-0.2, -0.15) is 5.10 Å². The van der Waals surface area contributed by atoms with Crippen LogP contribution in [0.5, 0.6) is 0 Å². The molecule has 6 heteroatoms. The zero-order chi connectivity index (χ0) is 16.8. The summed E-state index contributed by atoms with van der Waals surface area (Å²) in [6.45, 7) is 0.803. The summed E-state index contributed by atoms with van der Waals surface area (Å²) in [5, 5.41) is 17.7. The van der Waals surface area contributed by atoms with Crippen molar-refractivity contribution in [3.63, 3.8) is 0 Å². The summed E-state index contributed by atoms with van der Waals surface area (Å²) in [7, 11) is 0. The maximum absolute atomic E-state index is 12.6. The minimum atomic E-state index is -0.771. The first-order valence-electron chi connectivity index (χ1n) is 8.57. The van der Waals surface area contributed by atoms with Crippen LogP contribution in [0.1, 0.15) is 54.4 Å². The van der Waals surface area contributed by atoms with Gasteiger partial charge < -0.3 is 10.4 Å². The highest BCUT2D eigenvalue weighted by atomic mass is 16.3. The van der Waals surface area contributed by atoms with Crippen molar-refractivity contribution in [2.45, 2.75) is 50.7 Å². The number of carbonyl (C=O) groups is 1. The number of hydrogen-bond donors (Lipinski definition) is 2. The molecule has 0 bridgehead atoms. The van der Waals surface area contributed by atoms with Crippen LogP contribution >= 0.6 is 0 Å². The highest BCUT2D eigenvalue weighted by Crippen LogP contribution is 2.26. The van der Waals surface area contributed by atoms with Crippen molar-refractivity contribution < 1.29 is 9.90 Å². The third-order valence-electron chi connectivity index (χ3n) is 4.67. The minimum absolute atomic E-state index is 0.150. The Morgan fingerprint density at radius 3 is 2.67 bits per heavy atom. The molecule has 6 nitrogen and oxygen atoms in total. The van der Waals surface area contributed by atoms with Crippen LogP contribution in [0.25, 0.3) is 0 Å². The van der Waals surface area contributed by atoms with Gasteiger partial charge in [0.05, 0.1) is 12.1 Å². The molecule has 24 heavy (non-hydrogen) atoms. The number of aliphatic hydroxyl groups is 1. The van der Waals surface area contributed by atoms with Gasteiger partial charge in [0.25, 0.3) is 5.91 Å². The smallest absolute Gasteiger partial charge is 0.251 e. The van der Waals surface area contributed by atoms with E-state index in [2.05, 4.69) is 15.4 Å². The molecule has 0 aliphatic heterocycles. The molecule has 3 rings (SSSR count). The molecule has 1 amide bonds. The van der Waals surface area contributed by atoms with Gasteiger partial charge in [0.15, 0.2) is 0 Å². The van der Waals surface area contributed by atoms with E-state index in [1.807, 2.05) is 18.2 Å². The number of nitrogens with zero attached hydrogens (tertiary/aromatic N) is 3. The van der Waals surface area contributed by atoms with E-state index in [0.29, 0.717) is 18.7 Å².